The fraction of sp³-hybridized carbons (Fsp3) is 0.714. The standard InChI is InChI=1S/C7H10O/c8-7-4-5-1-2-6(7)3-5/h5,8H,1-4H2. The average molecular weight is 110 g/mol. The van der Waals surface area contributed by atoms with Gasteiger partial charge in [0, 0.05) is 6.42 Å². The van der Waals surface area contributed by atoms with E-state index in [1.807, 2.05) is 0 Å². The molecule has 1 unspecified atom stereocenters. The molecule has 2 bridgehead atoms. The summed E-state index contributed by atoms with van der Waals surface area (Å²) in [5, 5.41) is 9.10. The van der Waals surface area contributed by atoms with Gasteiger partial charge in [0.15, 0.2) is 0 Å². The van der Waals surface area contributed by atoms with E-state index in [1.54, 1.807) is 0 Å². The number of hydrogen-bond donors (Lipinski definition) is 1. The molecule has 0 aromatic rings. The number of allylic oxidation sites excluding steroid dienone is 2. The van der Waals surface area contributed by atoms with Gasteiger partial charge in [0.2, 0.25) is 0 Å². The fourth-order valence-corrected chi connectivity index (χ4v) is 1.79. The average Bonchev–Trinajstić information content (AvgIpc) is 2.23. The molecule has 0 saturated heterocycles. The van der Waals surface area contributed by atoms with Crippen LogP contribution in [0.5, 0.6) is 0 Å². The molecule has 1 heteroatoms. The molecular formula is C7H10O. The van der Waals surface area contributed by atoms with Crippen LogP contribution in [0, 0.1) is 5.92 Å². The first-order valence-corrected chi connectivity index (χ1v) is 3.26. The first-order valence-electron chi connectivity index (χ1n) is 3.26. The highest BCUT2D eigenvalue weighted by Crippen LogP contribution is 2.42. The molecule has 8 heavy (non-hydrogen) atoms. The number of hydrogen-bond acceptors (Lipinski definition) is 1. The highest BCUT2D eigenvalue weighted by Gasteiger charge is 2.29. The van der Waals surface area contributed by atoms with Crippen molar-refractivity contribution >= 4 is 0 Å². The van der Waals surface area contributed by atoms with E-state index < -0.39 is 0 Å². The second-order valence-electron chi connectivity index (χ2n) is 2.86. The molecular weight excluding hydrogens is 100 g/mol. The van der Waals surface area contributed by atoms with Gasteiger partial charge in [0.25, 0.3) is 0 Å². The summed E-state index contributed by atoms with van der Waals surface area (Å²) in [6.07, 6.45) is 4.69. The molecule has 0 spiro atoms. The van der Waals surface area contributed by atoms with Gasteiger partial charge >= 0.3 is 0 Å². The van der Waals surface area contributed by atoms with E-state index in [9.17, 15) is 0 Å². The smallest absolute Gasteiger partial charge is 0.0917 e. The van der Waals surface area contributed by atoms with Crippen LogP contribution < -0.4 is 0 Å². The molecule has 0 amide bonds. The zero-order valence-electron chi connectivity index (χ0n) is 4.85. The third-order valence-electron chi connectivity index (χ3n) is 2.28. The molecule has 1 atom stereocenters. The summed E-state index contributed by atoms with van der Waals surface area (Å²) in [6.45, 7) is 0. The summed E-state index contributed by atoms with van der Waals surface area (Å²) in [5.74, 6) is 1.53. The quantitative estimate of drug-likeness (QED) is 0.505. The Labute approximate surface area is 49.0 Å². The van der Waals surface area contributed by atoms with Crippen molar-refractivity contribution in [1.82, 2.24) is 0 Å². The Balaban J connectivity index is 2.33. The Hall–Kier alpha value is -0.460. The number of rotatable bonds is 0. The zero-order chi connectivity index (χ0) is 5.56. The van der Waals surface area contributed by atoms with Crippen LogP contribution in [0.15, 0.2) is 11.3 Å². The lowest BCUT2D eigenvalue weighted by molar-refractivity contribution is 0.358. The Morgan fingerprint density at radius 1 is 1.38 bits per heavy atom. The second kappa shape index (κ2) is 1.28. The van der Waals surface area contributed by atoms with Crippen LogP contribution in [0.1, 0.15) is 25.7 Å². The van der Waals surface area contributed by atoms with Gasteiger partial charge in [0.1, 0.15) is 0 Å². The Morgan fingerprint density at radius 3 is 2.50 bits per heavy atom. The lowest BCUT2D eigenvalue weighted by atomic mass is 10.1. The van der Waals surface area contributed by atoms with Gasteiger partial charge in [-0.05, 0) is 30.8 Å². The summed E-state index contributed by atoms with van der Waals surface area (Å²) in [5.41, 5.74) is 1.34. The highest BCUT2D eigenvalue weighted by atomic mass is 16.3. The monoisotopic (exact) mass is 110 g/mol. The van der Waals surface area contributed by atoms with Gasteiger partial charge in [-0.15, -0.1) is 0 Å². The zero-order valence-corrected chi connectivity index (χ0v) is 4.85. The van der Waals surface area contributed by atoms with Crippen molar-refractivity contribution in [2.45, 2.75) is 25.7 Å². The van der Waals surface area contributed by atoms with Gasteiger partial charge < -0.3 is 5.11 Å². The van der Waals surface area contributed by atoms with Crippen LogP contribution in [-0.4, -0.2) is 5.11 Å². The Morgan fingerprint density at radius 2 is 2.25 bits per heavy atom. The minimum absolute atomic E-state index is 0.709. The van der Waals surface area contributed by atoms with E-state index in [-0.39, 0.29) is 0 Å². The molecule has 1 nitrogen and oxygen atoms in total. The topological polar surface area (TPSA) is 20.2 Å². The maximum absolute atomic E-state index is 9.10. The van der Waals surface area contributed by atoms with Gasteiger partial charge in [-0.1, -0.05) is 0 Å². The van der Waals surface area contributed by atoms with Crippen LogP contribution in [0.4, 0.5) is 0 Å². The van der Waals surface area contributed by atoms with Crippen molar-refractivity contribution in [2.75, 3.05) is 0 Å². The molecule has 2 aliphatic rings. The molecule has 0 aromatic heterocycles. The van der Waals surface area contributed by atoms with E-state index in [0.717, 1.165) is 12.3 Å². The van der Waals surface area contributed by atoms with E-state index in [0.29, 0.717) is 5.76 Å². The molecule has 44 valence electrons. The van der Waals surface area contributed by atoms with Gasteiger partial charge in [-0.2, -0.15) is 0 Å². The fourth-order valence-electron chi connectivity index (χ4n) is 1.79. The van der Waals surface area contributed by atoms with E-state index >= 15 is 0 Å². The SMILES string of the molecule is OC1=C2CCC(C1)C2. The molecule has 2 aliphatic carbocycles. The summed E-state index contributed by atoms with van der Waals surface area (Å²) in [4.78, 5) is 0. The van der Waals surface area contributed by atoms with Crippen molar-refractivity contribution in [3.63, 3.8) is 0 Å². The third-order valence-corrected chi connectivity index (χ3v) is 2.28. The molecule has 1 saturated carbocycles. The minimum Gasteiger partial charge on any atom is -0.512 e. The lowest BCUT2D eigenvalue weighted by Crippen LogP contribution is -1.92. The summed E-state index contributed by atoms with van der Waals surface area (Å²) in [7, 11) is 0. The lowest BCUT2D eigenvalue weighted by Gasteiger charge is -2.04. The number of fused-ring (bicyclic) bond motifs is 2. The van der Waals surface area contributed by atoms with Crippen molar-refractivity contribution in [3.8, 4) is 0 Å². The van der Waals surface area contributed by atoms with Gasteiger partial charge in [-0.25, -0.2) is 0 Å². The van der Waals surface area contributed by atoms with Crippen LogP contribution in [0.2, 0.25) is 0 Å². The van der Waals surface area contributed by atoms with Crippen LogP contribution >= 0.6 is 0 Å². The maximum Gasteiger partial charge on any atom is 0.0917 e. The van der Waals surface area contributed by atoms with Crippen LogP contribution in [0.3, 0.4) is 0 Å². The maximum atomic E-state index is 9.10. The van der Waals surface area contributed by atoms with Gasteiger partial charge in [0.05, 0.1) is 5.76 Å². The molecule has 0 radical (unpaired) electrons. The molecule has 2 rings (SSSR count). The highest BCUT2D eigenvalue weighted by molar-refractivity contribution is 5.20. The second-order valence-corrected chi connectivity index (χ2v) is 2.86. The van der Waals surface area contributed by atoms with Crippen molar-refractivity contribution in [3.05, 3.63) is 11.3 Å². The molecule has 1 N–H and O–H groups in total. The van der Waals surface area contributed by atoms with Crippen LogP contribution in [-0.2, 0) is 0 Å². The Kier molecular flexibility index (Phi) is 0.706. The molecule has 1 fully saturated rings. The largest absolute Gasteiger partial charge is 0.512 e. The normalized spacial score (nSPS) is 34.8. The molecule has 0 aromatic carbocycles. The Bertz CT molecular complexity index is 144. The van der Waals surface area contributed by atoms with Crippen molar-refractivity contribution < 1.29 is 5.11 Å². The van der Waals surface area contributed by atoms with Crippen molar-refractivity contribution in [1.29, 1.82) is 0 Å². The first-order chi connectivity index (χ1) is 3.86. The summed E-state index contributed by atoms with van der Waals surface area (Å²) in [6, 6.07) is 0. The first kappa shape index (κ1) is 4.42. The minimum atomic E-state index is 0.709. The van der Waals surface area contributed by atoms with Crippen LogP contribution in [0.25, 0.3) is 0 Å². The predicted molar refractivity (Wildman–Crippen MR) is 31.6 cm³/mol. The van der Waals surface area contributed by atoms with E-state index in [2.05, 4.69) is 0 Å². The third kappa shape index (κ3) is 0.417. The molecule has 0 heterocycles. The van der Waals surface area contributed by atoms with Gasteiger partial charge in [-0.3, -0.25) is 0 Å². The number of aliphatic hydroxyl groups excluding tert-OH is 1. The summed E-state index contributed by atoms with van der Waals surface area (Å²) >= 11 is 0. The van der Waals surface area contributed by atoms with Crippen molar-refractivity contribution in [2.24, 2.45) is 5.92 Å². The molecule has 0 aliphatic heterocycles. The number of aliphatic hydroxyl groups is 1. The summed E-state index contributed by atoms with van der Waals surface area (Å²) < 4.78 is 0. The van der Waals surface area contributed by atoms with E-state index in [1.165, 1.54) is 24.8 Å². The predicted octanol–water partition coefficient (Wildman–Crippen LogP) is 2.00. The van der Waals surface area contributed by atoms with E-state index in [4.69, 9.17) is 5.11 Å².